The second-order valence-electron chi connectivity index (χ2n) is 7.03. The SMILES string of the molecule is Fc1cc(Cl)c(OCCCN2CCN(c3cccc4c3OCCO4)CC2)c(Cl)c1. The van der Waals surface area contributed by atoms with Gasteiger partial charge in [0.2, 0.25) is 0 Å². The van der Waals surface area contributed by atoms with Crippen molar-refractivity contribution in [2.24, 2.45) is 0 Å². The summed E-state index contributed by atoms with van der Waals surface area (Å²) in [7, 11) is 0. The molecular formula is C21H23Cl2FN2O3. The Morgan fingerprint density at radius 1 is 1.00 bits per heavy atom. The first-order valence-electron chi connectivity index (χ1n) is 9.75. The van der Waals surface area contributed by atoms with Gasteiger partial charge in [-0.05, 0) is 30.7 Å². The fraction of sp³-hybridized carbons (Fsp3) is 0.429. The average Bonchev–Trinajstić information content (AvgIpc) is 2.72. The standard InChI is InChI=1S/C21H23Cl2FN2O3/c22-16-13-15(24)14-17(23)20(16)28-10-2-5-25-6-8-26(9-7-25)18-3-1-4-19-21(18)29-12-11-27-19/h1,3-4,13-14H,2,5-12H2. The van der Waals surface area contributed by atoms with Gasteiger partial charge in [-0.3, -0.25) is 4.90 Å². The number of hydrogen-bond donors (Lipinski definition) is 0. The summed E-state index contributed by atoms with van der Waals surface area (Å²) in [6.45, 7) is 6.35. The van der Waals surface area contributed by atoms with Crippen molar-refractivity contribution in [2.75, 3.05) is 57.4 Å². The minimum Gasteiger partial charge on any atom is -0.490 e. The fourth-order valence-electron chi connectivity index (χ4n) is 3.65. The number of anilines is 1. The first kappa shape index (κ1) is 20.4. The summed E-state index contributed by atoms with van der Waals surface area (Å²) in [5, 5.41) is 0.391. The van der Waals surface area contributed by atoms with Crippen LogP contribution in [0.25, 0.3) is 0 Å². The molecule has 0 saturated carbocycles. The minimum absolute atomic E-state index is 0.195. The van der Waals surface area contributed by atoms with Crippen molar-refractivity contribution in [2.45, 2.75) is 6.42 Å². The Morgan fingerprint density at radius 3 is 2.48 bits per heavy atom. The van der Waals surface area contributed by atoms with Gasteiger partial charge in [-0.25, -0.2) is 4.39 Å². The Labute approximate surface area is 179 Å². The number of ether oxygens (including phenoxy) is 3. The van der Waals surface area contributed by atoms with E-state index in [0.717, 1.165) is 56.3 Å². The van der Waals surface area contributed by atoms with Gasteiger partial charge in [0.05, 0.1) is 22.3 Å². The number of piperazine rings is 1. The quantitative estimate of drug-likeness (QED) is 0.617. The lowest BCUT2D eigenvalue weighted by molar-refractivity contribution is 0.171. The zero-order valence-corrected chi connectivity index (χ0v) is 17.5. The van der Waals surface area contributed by atoms with Crippen LogP contribution >= 0.6 is 23.2 Å². The summed E-state index contributed by atoms with van der Waals surface area (Å²) < 4.78 is 30.4. The van der Waals surface area contributed by atoms with Crippen LogP contribution in [0.4, 0.5) is 10.1 Å². The van der Waals surface area contributed by atoms with Crippen LogP contribution in [0.1, 0.15) is 6.42 Å². The Hall–Kier alpha value is -1.89. The molecule has 0 N–H and O–H groups in total. The smallest absolute Gasteiger partial charge is 0.184 e. The van der Waals surface area contributed by atoms with E-state index in [4.69, 9.17) is 37.4 Å². The second-order valence-corrected chi connectivity index (χ2v) is 7.84. The molecule has 0 amide bonds. The van der Waals surface area contributed by atoms with Gasteiger partial charge in [-0.15, -0.1) is 0 Å². The Morgan fingerprint density at radius 2 is 1.72 bits per heavy atom. The third kappa shape index (κ3) is 4.82. The molecule has 0 spiro atoms. The van der Waals surface area contributed by atoms with Crippen molar-refractivity contribution in [3.63, 3.8) is 0 Å². The molecule has 0 radical (unpaired) electrons. The van der Waals surface area contributed by atoms with Crippen LogP contribution in [0.15, 0.2) is 30.3 Å². The minimum atomic E-state index is -0.470. The maximum Gasteiger partial charge on any atom is 0.184 e. The van der Waals surface area contributed by atoms with Crippen LogP contribution in [-0.4, -0.2) is 57.4 Å². The van der Waals surface area contributed by atoms with Gasteiger partial charge in [0.1, 0.15) is 19.0 Å². The topological polar surface area (TPSA) is 34.2 Å². The van der Waals surface area contributed by atoms with Crippen LogP contribution in [0, 0.1) is 5.82 Å². The molecule has 4 rings (SSSR count). The molecule has 2 aliphatic heterocycles. The summed E-state index contributed by atoms with van der Waals surface area (Å²) in [6, 6.07) is 8.47. The van der Waals surface area contributed by atoms with Gasteiger partial charge in [0.25, 0.3) is 0 Å². The van der Waals surface area contributed by atoms with Crippen molar-refractivity contribution in [3.8, 4) is 17.2 Å². The third-order valence-corrected chi connectivity index (χ3v) is 5.65. The molecule has 156 valence electrons. The van der Waals surface area contributed by atoms with E-state index in [0.29, 0.717) is 25.6 Å². The number of halogens is 3. The first-order chi connectivity index (χ1) is 14.1. The van der Waals surface area contributed by atoms with E-state index in [1.165, 1.54) is 12.1 Å². The molecule has 0 bridgehead atoms. The molecule has 0 aliphatic carbocycles. The van der Waals surface area contributed by atoms with E-state index >= 15 is 0 Å². The van der Waals surface area contributed by atoms with E-state index in [-0.39, 0.29) is 10.0 Å². The molecule has 0 aromatic heterocycles. The highest BCUT2D eigenvalue weighted by Gasteiger charge is 2.23. The van der Waals surface area contributed by atoms with E-state index in [9.17, 15) is 4.39 Å². The van der Waals surface area contributed by atoms with E-state index in [2.05, 4.69) is 15.9 Å². The molecule has 29 heavy (non-hydrogen) atoms. The van der Waals surface area contributed by atoms with E-state index in [1.807, 2.05) is 12.1 Å². The van der Waals surface area contributed by atoms with E-state index in [1.54, 1.807) is 0 Å². The van der Waals surface area contributed by atoms with Gasteiger partial charge in [-0.1, -0.05) is 29.3 Å². The number of hydrogen-bond acceptors (Lipinski definition) is 5. The van der Waals surface area contributed by atoms with Crippen molar-refractivity contribution in [3.05, 3.63) is 46.2 Å². The fourth-order valence-corrected chi connectivity index (χ4v) is 4.22. The normalized spacial score (nSPS) is 16.7. The lowest BCUT2D eigenvalue weighted by atomic mass is 10.2. The van der Waals surface area contributed by atoms with Gasteiger partial charge >= 0.3 is 0 Å². The highest BCUT2D eigenvalue weighted by Crippen LogP contribution is 2.39. The molecule has 1 saturated heterocycles. The summed E-state index contributed by atoms with van der Waals surface area (Å²) in [5.74, 6) is 1.55. The monoisotopic (exact) mass is 440 g/mol. The Balaban J connectivity index is 1.24. The Kier molecular flexibility index (Phi) is 6.53. The van der Waals surface area contributed by atoms with Crippen molar-refractivity contribution in [1.29, 1.82) is 0 Å². The van der Waals surface area contributed by atoms with Crippen LogP contribution in [0.5, 0.6) is 17.2 Å². The van der Waals surface area contributed by atoms with E-state index < -0.39 is 5.82 Å². The zero-order chi connectivity index (χ0) is 20.2. The Bertz CT molecular complexity index is 837. The molecule has 0 atom stereocenters. The van der Waals surface area contributed by atoms with Crippen LogP contribution in [-0.2, 0) is 0 Å². The maximum atomic E-state index is 13.2. The second kappa shape index (κ2) is 9.28. The molecule has 1 fully saturated rings. The molecule has 2 heterocycles. The molecule has 0 unspecified atom stereocenters. The number of benzene rings is 2. The number of fused-ring (bicyclic) bond motifs is 1. The maximum absolute atomic E-state index is 13.2. The summed E-state index contributed by atoms with van der Waals surface area (Å²) in [5.41, 5.74) is 1.10. The van der Waals surface area contributed by atoms with Crippen molar-refractivity contribution < 1.29 is 18.6 Å². The summed E-state index contributed by atoms with van der Waals surface area (Å²) >= 11 is 12.0. The van der Waals surface area contributed by atoms with Gasteiger partial charge in [0.15, 0.2) is 17.2 Å². The van der Waals surface area contributed by atoms with Crippen molar-refractivity contribution in [1.82, 2.24) is 4.90 Å². The largest absolute Gasteiger partial charge is 0.490 e. The number of para-hydroxylation sites is 1. The first-order valence-corrected chi connectivity index (χ1v) is 10.5. The highest BCUT2D eigenvalue weighted by molar-refractivity contribution is 6.37. The predicted molar refractivity (Wildman–Crippen MR) is 113 cm³/mol. The molecule has 8 heteroatoms. The molecule has 2 aromatic carbocycles. The lowest BCUT2D eigenvalue weighted by Gasteiger charge is -2.37. The predicted octanol–water partition coefficient (Wildman–Crippen LogP) is 4.49. The number of nitrogens with zero attached hydrogens (tertiary/aromatic N) is 2. The average molecular weight is 441 g/mol. The third-order valence-electron chi connectivity index (χ3n) is 5.09. The van der Waals surface area contributed by atoms with Gasteiger partial charge in [0, 0.05) is 32.7 Å². The number of rotatable bonds is 6. The molecule has 5 nitrogen and oxygen atoms in total. The van der Waals surface area contributed by atoms with Crippen LogP contribution in [0.3, 0.4) is 0 Å². The summed E-state index contributed by atoms with van der Waals surface area (Å²) in [6.07, 6.45) is 0.835. The zero-order valence-electron chi connectivity index (χ0n) is 16.0. The highest BCUT2D eigenvalue weighted by atomic mass is 35.5. The molecule has 2 aliphatic rings. The summed E-state index contributed by atoms with van der Waals surface area (Å²) in [4.78, 5) is 4.75. The van der Waals surface area contributed by atoms with Gasteiger partial charge < -0.3 is 19.1 Å². The van der Waals surface area contributed by atoms with Crippen LogP contribution in [0.2, 0.25) is 10.0 Å². The lowest BCUT2D eigenvalue weighted by Crippen LogP contribution is -2.47. The van der Waals surface area contributed by atoms with Gasteiger partial charge in [-0.2, -0.15) is 0 Å². The molecular weight excluding hydrogens is 418 g/mol. The molecule has 2 aromatic rings. The van der Waals surface area contributed by atoms with Crippen molar-refractivity contribution >= 4 is 28.9 Å². The van der Waals surface area contributed by atoms with Crippen LogP contribution < -0.4 is 19.1 Å².